The average Bonchev–Trinajstić information content (AvgIpc) is 1.59. The summed E-state index contributed by atoms with van der Waals surface area (Å²) in [6.07, 6.45) is 15.8. The third-order valence-corrected chi connectivity index (χ3v) is 22.4. The number of phenols is 1. The molecule has 6 amide bonds. The number of aliphatic imine (C=N–C) groups is 2. The van der Waals surface area contributed by atoms with E-state index in [0.717, 1.165) is 94.4 Å². The van der Waals surface area contributed by atoms with E-state index in [0.29, 0.717) is 102 Å². The van der Waals surface area contributed by atoms with Gasteiger partial charge in [-0.1, -0.05) is 102 Å². The number of ether oxygens (including phenoxy) is 8. The number of benzene rings is 8. The van der Waals surface area contributed by atoms with Crippen molar-refractivity contribution in [2.45, 2.75) is 127 Å². The number of hydrogen-bond donors (Lipinski definition) is 1. The number of aryl methyl sites for hydroxylation is 1. The number of carbonyl (C=O) groups excluding carboxylic acids is 9. The first kappa shape index (κ1) is 92.4. The molecule has 0 saturated heterocycles. The zero-order valence-corrected chi connectivity index (χ0v) is 77.1. The van der Waals surface area contributed by atoms with Crippen LogP contribution in [0, 0.1) is 0 Å². The minimum absolute atomic E-state index is 0. The zero-order chi connectivity index (χ0) is 84.0. The number of phenolic OH excluding ortho intramolecular Hbond substituents is 1. The maximum Gasteiger partial charge on any atom is 1.00 e. The number of alkyl halides is 1. The second-order valence-electron chi connectivity index (χ2n) is 28.8. The van der Waals surface area contributed by atoms with Crippen LogP contribution in [0.4, 0.5) is 45.5 Å². The van der Waals surface area contributed by atoms with Crippen LogP contribution < -0.4 is 156 Å². The summed E-state index contributed by atoms with van der Waals surface area (Å²) in [4.78, 5) is 133. The predicted molar refractivity (Wildman–Crippen MR) is 452 cm³/mol. The van der Waals surface area contributed by atoms with Gasteiger partial charge in [0.05, 0.1) is 128 Å². The van der Waals surface area contributed by atoms with Gasteiger partial charge < -0.3 is 54.6 Å². The van der Waals surface area contributed by atoms with Crippen molar-refractivity contribution in [3.05, 3.63) is 196 Å². The fraction of sp³-hybridized carbons (Fsp3) is 0.322. The van der Waals surface area contributed by atoms with Crippen LogP contribution in [-0.2, 0) is 70.4 Å². The van der Waals surface area contributed by atoms with Crippen LogP contribution in [0.3, 0.4) is 0 Å². The third kappa shape index (κ3) is 20.5. The number of fused-ring (bicyclic) bond motifs is 16. The molecule has 121 heavy (non-hydrogen) atoms. The van der Waals surface area contributed by atoms with Crippen LogP contribution >= 0.6 is 22.6 Å². The van der Waals surface area contributed by atoms with Gasteiger partial charge in [0.1, 0.15) is 29.0 Å². The van der Waals surface area contributed by atoms with Gasteiger partial charge in [0, 0.05) is 79.1 Å². The summed E-state index contributed by atoms with van der Waals surface area (Å²) in [7, 11) is 7.11. The minimum Gasteiger partial charge on any atom is -1.00 e. The number of hydrogen-bond acceptors (Lipinski definition) is 22. The molecule has 16 rings (SSSR count). The Hall–Kier alpha value is -9.37. The maximum atomic E-state index is 14.2. The summed E-state index contributed by atoms with van der Waals surface area (Å²) < 4.78 is 48.2. The largest absolute Gasteiger partial charge is 1.00 e. The molecule has 8 aliphatic rings. The molecule has 0 spiro atoms. The number of anilines is 4. The average molecular weight is 1810 g/mol. The van der Waals surface area contributed by atoms with Gasteiger partial charge in [-0.25, -0.2) is 9.59 Å². The number of carbonyl (C=O) groups is 9. The van der Waals surface area contributed by atoms with Crippen molar-refractivity contribution in [2.24, 2.45) is 9.98 Å². The van der Waals surface area contributed by atoms with Crippen LogP contribution in [-0.4, -0.2) is 177 Å². The van der Waals surface area contributed by atoms with Crippen molar-refractivity contribution in [1.82, 2.24) is 0 Å². The molecule has 8 aromatic rings. The summed E-state index contributed by atoms with van der Waals surface area (Å²) in [5.41, 5.74) is 12.2. The molecule has 1 N–H and O–H groups in total. The number of halogens is 1. The van der Waals surface area contributed by atoms with Crippen LogP contribution in [0.1, 0.15) is 142 Å². The molecule has 0 unspecified atom stereocenters. The molecule has 0 saturated carbocycles. The Morgan fingerprint density at radius 3 is 1.21 bits per heavy atom. The number of unbranched alkanes of at least 4 members (excludes halogenated alkanes) is 4. The van der Waals surface area contributed by atoms with Gasteiger partial charge in [0.2, 0.25) is 11.4 Å². The summed E-state index contributed by atoms with van der Waals surface area (Å²) in [6.45, 7) is 3.30. The molecular formula is C90H91IK2N8O20+2. The maximum absolute atomic E-state index is 14.2. The molecule has 0 aliphatic carbocycles. The summed E-state index contributed by atoms with van der Waals surface area (Å²) >= 11 is 2.39. The van der Waals surface area contributed by atoms with E-state index in [9.17, 15) is 43.5 Å². The van der Waals surface area contributed by atoms with E-state index < -0.39 is 11.9 Å². The van der Waals surface area contributed by atoms with Crippen molar-refractivity contribution < 1.29 is 210 Å². The minimum atomic E-state index is -0.498. The predicted octanol–water partition coefficient (Wildman–Crippen LogP) is 6.66. The van der Waals surface area contributed by atoms with Crippen molar-refractivity contribution >= 4 is 147 Å². The molecule has 8 heterocycles. The summed E-state index contributed by atoms with van der Waals surface area (Å²) in [5, 5.41) is 18.7. The Morgan fingerprint density at radius 2 is 0.826 bits per heavy atom. The quantitative estimate of drug-likeness (QED) is 0.00719. The molecule has 8 aromatic carbocycles. The molecule has 8 aliphatic heterocycles. The Balaban J connectivity index is 0.000000202. The Morgan fingerprint density at radius 1 is 0.471 bits per heavy atom. The van der Waals surface area contributed by atoms with Crippen molar-refractivity contribution in [1.29, 1.82) is 0 Å². The fourth-order valence-electron chi connectivity index (χ4n) is 15.8. The molecule has 0 aromatic heterocycles. The van der Waals surface area contributed by atoms with E-state index in [2.05, 4.69) is 43.3 Å². The standard InChI is InChI=1S/C45H45N4O8.C22H23IN2O3.C22H20N2O6.CH2O3.2K.H/c1-4-28-22-34-38(47(42(50)16-17-43(51)55-3)27-32-21-30-13-7-9-15-37(30)49(32)45(34)53)25-39(28)56-18-10-5-11-19-57-41-24-35-33(23-40(41)54-2)44(52)48-31(26-46-35)20-29-12-6-8-14-36(29)48;1-27-20-12-17-18(13-21(20)28-10-6-2-5-9-23)24-14-16-11-15-7-3-4-8-19(15)25(16)22(17)26;1-29-19-10-15-17(11-18(19)25)23(20(26)7-8-21(27)30-2)12-14-9-13-5-3-4-6-16(13)24(14)22(15)28;2-1-4-3;;;/h6-9,12-15,22-27,31-32H,4-5,10-11,16-21H2,1-3H3;3-4,7-8,12-14,16H,2,5-6,9-11H2,1H3;3-6,10-12,14H,7-9H2,1-2H3;1,3H;;;/q+1;;;;2*+1;-1/t31-,32-;16-;14-;;;;/m000..../s1. The second kappa shape index (κ2) is 43.1. The third-order valence-electron chi connectivity index (χ3n) is 21.7. The molecule has 618 valence electrons. The van der Waals surface area contributed by atoms with E-state index in [1.807, 2.05) is 132 Å². The van der Waals surface area contributed by atoms with Gasteiger partial charge >= 0.3 is 127 Å². The molecule has 0 radical (unpaired) electrons. The van der Waals surface area contributed by atoms with E-state index in [1.54, 1.807) is 60.7 Å². The number of amides is 6. The molecule has 28 nitrogen and oxygen atoms in total. The van der Waals surface area contributed by atoms with Crippen molar-refractivity contribution in [3.63, 3.8) is 0 Å². The number of rotatable bonds is 25. The molecule has 4 atom stereocenters. The molecule has 0 fully saturated rings. The SMILES string of the molecule is CCc1cc2c(cc1OCCCCCOc1cc3c(cc1OC)C(=O)N1c4ccccc4C[C@H]1C=N3)[N+](C(=O)CCC(=O)OC)=C[C@@H]1Cc3ccccc3N1C2=O.COC(=O)CCC(=O)[N+]1=C[C@@H]2Cc3ccccc3N2C(=O)c2cc(OC)c(O)cc21.COc1cc2c(cc1OCCCCCI)N=C[C@@H]1Cc3ccccc3N1C2=O.O=CO[O-].[H-].[K+].[K+]. The van der Waals surface area contributed by atoms with Gasteiger partial charge in [-0.2, -0.15) is 0 Å². The van der Waals surface area contributed by atoms with Crippen LogP contribution in [0.15, 0.2) is 156 Å². The van der Waals surface area contributed by atoms with Crippen molar-refractivity contribution in [3.8, 4) is 40.2 Å². The van der Waals surface area contributed by atoms with Gasteiger partial charge in [-0.15, -0.1) is 9.15 Å². The smallest absolute Gasteiger partial charge is 1.00 e. The summed E-state index contributed by atoms with van der Waals surface area (Å²) in [6, 6.07) is 43.9. The topological polar surface area (TPSA) is 324 Å². The first-order valence-electron chi connectivity index (χ1n) is 39.3. The van der Waals surface area contributed by atoms with E-state index in [4.69, 9.17) is 48.2 Å². The van der Waals surface area contributed by atoms with Crippen LogP contribution in [0.25, 0.3) is 0 Å². The first-order valence-corrected chi connectivity index (χ1v) is 40.8. The van der Waals surface area contributed by atoms with E-state index in [1.165, 1.54) is 54.6 Å². The summed E-state index contributed by atoms with van der Waals surface area (Å²) in [5.74, 6) is 0.465. The van der Waals surface area contributed by atoms with Gasteiger partial charge in [-0.05, 0) is 120 Å². The monoisotopic (exact) mass is 1810 g/mol. The normalized spacial score (nSPS) is 16.4. The first-order chi connectivity index (χ1) is 57.9. The molecule has 0 bridgehead atoms. The Bertz CT molecular complexity index is 5410. The second-order valence-corrected chi connectivity index (χ2v) is 29.9. The van der Waals surface area contributed by atoms with Gasteiger partial charge in [-0.3, -0.25) is 63.1 Å². The van der Waals surface area contributed by atoms with Crippen molar-refractivity contribution in [2.75, 3.05) is 79.4 Å². The molecule has 31 heteroatoms. The van der Waals surface area contributed by atoms with Crippen LogP contribution in [0.5, 0.6) is 40.2 Å². The Kier molecular flexibility index (Phi) is 32.9. The Labute approximate surface area is 800 Å². The van der Waals surface area contributed by atoms with Crippen LogP contribution in [0.2, 0.25) is 0 Å². The number of esters is 2. The molecular weight excluding hydrogens is 1720 g/mol. The van der Waals surface area contributed by atoms with Gasteiger partial charge in [0.25, 0.3) is 30.1 Å². The number of nitrogens with zero attached hydrogens (tertiary/aromatic N) is 8. The zero-order valence-electron chi connectivity index (χ0n) is 69.6. The fourth-order valence-corrected chi connectivity index (χ4v) is 16.4. The van der Waals surface area contributed by atoms with Gasteiger partial charge in [0.15, 0.2) is 46.9 Å². The number of para-hydroxylation sites is 4. The number of aromatic hydroxyl groups is 1. The number of methoxy groups -OCH3 is 5. The van der Waals surface area contributed by atoms with E-state index >= 15 is 0 Å². The van der Waals surface area contributed by atoms with E-state index in [-0.39, 0.29) is 219 Å².